The Kier molecular flexibility index (Phi) is 2.03. The van der Waals surface area contributed by atoms with Gasteiger partial charge in [0.15, 0.2) is 0 Å². The molecular weight excluding hydrogens is 158 g/mol. The summed E-state index contributed by atoms with van der Waals surface area (Å²) in [5.74, 6) is 1.73. The van der Waals surface area contributed by atoms with Gasteiger partial charge in [0.1, 0.15) is 0 Å². The minimum Gasteiger partial charge on any atom is -0.253 e. The van der Waals surface area contributed by atoms with Gasteiger partial charge in [-0.3, -0.25) is 4.78 Å². The predicted octanol–water partition coefficient (Wildman–Crippen LogP) is 2.10. The molecule has 0 radical (unpaired) electrons. The Morgan fingerprint density at radius 3 is 2.18 bits per heavy atom. The quantitative estimate of drug-likeness (QED) is 0.602. The molecule has 0 amide bonds. The van der Waals surface area contributed by atoms with Crippen molar-refractivity contribution in [3.05, 3.63) is 0 Å². The Morgan fingerprint density at radius 1 is 1.45 bits per heavy atom. The molecular formula is C8H17NOS. The van der Waals surface area contributed by atoms with Crippen LogP contribution < -0.4 is 0 Å². The maximum atomic E-state index is 11.3. The van der Waals surface area contributed by atoms with Crippen molar-refractivity contribution in [3.63, 3.8) is 0 Å². The van der Waals surface area contributed by atoms with Crippen molar-refractivity contribution in [2.45, 2.75) is 27.2 Å². The lowest BCUT2D eigenvalue weighted by Gasteiger charge is -2.25. The highest BCUT2D eigenvalue weighted by atomic mass is 32.2. The zero-order chi connectivity index (χ0) is 8.70. The Labute approximate surface area is 69.4 Å². The molecule has 1 saturated heterocycles. The van der Waals surface area contributed by atoms with E-state index in [1.165, 1.54) is 0 Å². The molecule has 2 unspecified atom stereocenters. The van der Waals surface area contributed by atoms with Gasteiger partial charge in [0, 0.05) is 21.2 Å². The van der Waals surface area contributed by atoms with Crippen LogP contribution in [0.1, 0.15) is 27.2 Å². The van der Waals surface area contributed by atoms with Gasteiger partial charge in [-0.1, -0.05) is 20.8 Å². The second-order valence-corrected chi connectivity index (χ2v) is 6.90. The number of hydrogen-bond acceptors (Lipinski definition) is 2. The van der Waals surface area contributed by atoms with Gasteiger partial charge in [0.05, 0.1) is 0 Å². The maximum absolute atomic E-state index is 11.3. The molecule has 3 heteroatoms. The van der Waals surface area contributed by atoms with Gasteiger partial charge < -0.3 is 0 Å². The number of rotatable bonds is 0. The second kappa shape index (κ2) is 2.47. The molecule has 1 fully saturated rings. The summed E-state index contributed by atoms with van der Waals surface area (Å²) in [5, 5.41) is 0. The summed E-state index contributed by atoms with van der Waals surface area (Å²) in [6.45, 7) is 6.50. The van der Waals surface area contributed by atoms with E-state index >= 15 is 0 Å². The van der Waals surface area contributed by atoms with Crippen molar-refractivity contribution in [1.82, 2.24) is 0 Å². The fourth-order valence-electron chi connectivity index (χ4n) is 1.51. The van der Waals surface area contributed by atoms with E-state index in [4.69, 9.17) is 4.78 Å². The van der Waals surface area contributed by atoms with Crippen LogP contribution in [0.15, 0.2) is 0 Å². The van der Waals surface area contributed by atoms with Crippen LogP contribution in [0.5, 0.6) is 0 Å². The van der Waals surface area contributed by atoms with Crippen molar-refractivity contribution in [2.24, 2.45) is 11.3 Å². The van der Waals surface area contributed by atoms with Crippen LogP contribution in [0.3, 0.4) is 0 Å². The van der Waals surface area contributed by atoms with Gasteiger partial charge in [-0.15, -0.1) is 0 Å². The Hall–Kier alpha value is -0.0500. The van der Waals surface area contributed by atoms with E-state index in [9.17, 15) is 4.21 Å². The average Bonchev–Trinajstić information content (AvgIpc) is 2.07. The van der Waals surface area contributed by atoms with Crippen LogP contribution in [-0.2, 0) is 9.73 Å². The Morgan fingerprint density at radius 2 is 2.00 bits per heavy atom. The summed E-state index contributed by atoms with van der Waals surface area (Å²) >= 11 is 0. The van der Waals surface area contributed by atoms with Crippen LogP contribution in [0.25, 0.3) is 0 Å². The Balaban J connectivity index is 2.70. The van der Waals surface area contributed by atoms with Crippen LogP contribution in [-0.4, -0.2) is 15.7 Å². The molecule has 0 spiro atoms. The number of hydrogen-bond donors (Lipinski definition) is 1. The molecule has 1 aliphatic rings. The highest BCUT2D eigenvalue weighted by Gasteiger charge is 2.33. The van der Waals surface area contributed by atoms with E-state index in [1.807, 2.05) is 0 Å². The first-order valence-electron chi connectivity index (χ1n) is 4.05. The molecule has 1 rings (SSSR count). The molecule has 0 aliphatic carbocycles. The first-order chi connectivity index (χ1) is 4.81. The monoisotopic (exact) mass is 175 g/mol. The zero-order valence-electron chi connectivity index (χ0n) is 7.52. The third-order valence-electron chi connectivity index (χ3n) is 2.49. The summed E-state index contributed by atoms with van der Waals surface area (Å²) in [6, 6.07) is 0. The summed E-state index contributed by atoms with van der Waals surface area (Å²) in [6.07, 6.45) is 0.978. The molecule has 1 N–H and O–H groups in total. The lowest BCUT2D eigenvalue weighted by Crippen LogP contribution is -2.20. The van der Waals surface area contributed by atoms with E-state index in [-0.39, 0.29) is 5.41 Å². The summed E-state index contributed by atoms with van der Waals surface area (Å²) in [5.41, 5.74) is 0.236. The minimum atomic E-state index is -2.18. The molecule has 0 aromatic carbocycles. The van der Waals surface area contributed by atoms with E-state index in [0.717, 1.165) is 6.42 Å². The van der Waals surface area contributed by atoms with Gasteiger partial charge in [0.25, 0.3) is 0 Å². The largest absolute Gasteiger partial charge is 0.253 e. The highest BCUT2D eigenvalue weighted by Crippen LogP contribution is 2.34. The van der Waals surface area contributed by atoms with E-state index in [0.29, 0.717) is 17.4 Å². The predicted molar refractivity (Wildman–Crippen MR) is 48.2 cm³/mol. The standard InChI is InChI=1S/C8H17NOS/c1-8(2,3)7-4-5-11(9,10)6-7/h7,9H,4-6H2,1-3H3. The van der Waals surface area contributed by atoms with E-state index in [1.54, 1.807) is 0 Å². The van der Waals surface area contributed by atoms with Gasteiger partial charge in [-0.05, 0) is 17.8 Å². The van der Waals surface area contributed by atoms with Gasteiger partial charge in [0.2, 0.25) is 0 Å². The molecule has 1 heterocycles. The molecule has 0 aromatic heterocycles. The number of nitrogens with one attached hydrogen (secondary N) is 1. The van der Waals surface area contributed by atoms with Crippen molar-refractivity contribution >= 4 is 9.73 Å². The van der Waals surface area contributed by atoms with Crippen LogP contribution in [0, 0.1) is 16.1 Å². The first kappa shape index (κ1) is 9.04. The van der Waals surface area contributed by atoms with Crippen LogP contribution in [0.4, 0.5) is 0 Å². The van der Waals surface area contributed by atoms with Crippen LogP contribution in [0.2, 0.25) is 0 Å². The molecule has 0 saturated carbocycles. The molecule has 0 bridgehead atoms. The van der Waals surface area contributed by atoms with E-state index in [2.05, 4.69) is 20.8 Å². The summed E-state index contributed by atoms with van der Waals surface area (Å²) in [7, 11) is -2.18. The lowest BCUT2D eigenvalue weighted by atomic mass is 9.81. The first-order valence-corrected chi connectivity index (χ1v) is 5.95. The van der Waals surface area contributed by atoms with Crippen molar-refractivity contribution < 1.29 is 4.21 Å². The summed E-state index contributed by atoms with van der Waals surface area (Å²) in [4.78, 5) is 0. The molecule has 66 valence electrons. The van der Waals surface area contributed by atoms with Crippen molar-refractivity contribution in [3.8, 4) is 0 Å². The van der Waals surface area contributed by atoms with Crippen molar-refractivity contribution in [2.75, 3.05) is 11.5 Å². The SMILES string of the molecule is CC(C)(C)C1CCS(=N)(=O)C1. The molecule has 11 heavy (non-hydrogen) atoms. The average molecular weight is 175 g/mol. The zero-order valence-corrected chi connectivity index (χ0v) is 8.33. The molecule has 1 aliphatic heterocycles. The van der Waals surface area contributed by atoms with Gasteiger partial charge in [-0.2, -0.15) is 0 Å². The van der Waals surface area contributed by atoms with Crippen LogP contribution >= 0.6 is 0 Å². The normalized spacial score (nSPS) is 39.4. The second-order valence-electron chi connectivity index (χ2n) is 4.53. The van der Waals surface area contributed by atoms with Crippen molar-refractivity contribution in [1.29, 1.82) is 4.78 Å². The molecule has 0 aromatic rings. The minimum absolute atomic E-state index is 0.236. The highest BCUT2D eigenvalue weighted by molar-refractivity contribution is 7.92. The lowest BCUT2D eigenvalue weighted by molar-refractivity contribution is 0.268. The third-order valence-corrected chi connectivity index (χ3v) is 4.33. The third kappa shape index (κ3) is 2.19. The van der Waals surface area contributed by atoms with Gasteiger partial charge >= 0.3 is 0 Å². The fourth-order valence-corrected chi connectivity index (χ4v) is 3.66. The summed E-state index contributed by atoms with van der Waals surface area (Å²) < 4.78 is 18.7. The van der Waals surface area contributed by atoms with Gasteiger partial charge in [-0.25, -0.2) is 4.21 Å². The smallest absolute Gasteiger partial charge is 0.0444 e. The Bertz CT molecular complexity index is 235. The van der Waals surface area contributed by atoms with E-state index < -0.39 is 9.73 Å². The maximum Gasteiger partial charge on any atom is 0.0444 e. The topological polar surface area (TPSA) is 40.9 Å². The molecule has 2 nitrogen and oxygen atoms in total. The molecule has 2 atom stereocenters. The fraction of sp³-hybridized carbons (Fsp3) is 1.00.